The molecule has 0 bridgehead atoms. The van der Waals surface area contributed by atoms with Crippen LogP contribution in [0.1, 0.15) is 19.3 Å². The summed E-state index contributed by atoms with van der Waals surface area (Å²) in [6.07, 6.45) is 4.22. The maximum Gasteiger partial charge on any atom is 0.0615 e. The highest BCUT2D eigenvalue weighted by Gasteiger charge is 2.30. The van der Waals surface area contributed by atoms with E-state index in [1.807, 2.05) is 0 Å². The molecule has 2 atom stereocenters. The van der Waals surface area contributed by atoms with Crippen LogP contribution in [-0.2, 0) is 4.74 Å². The minimum Gasteiger partial charge on any atom is -0.383 e. The van der Waals surface area contributed by atoms with Gasteiger partial charge in [-0.15, -0.1) is 0 Å². The fourth-order valence-corrected chi connectivity index (χ4v) is 3.87. The zero-order valence-electron chi connectivity index (χ0n) is 9.00. The molecule has 2 nitrogen and oxygen atoms in total. The summed E-state index contributed by atoms with van der Waals surface area (Å²) in [5.74, 6) is 4.69. The van der Waals surface area contributed by atoms with Gasteiger partial charge >= 0.3 is 0 Å². The van der Waals surface area contributed by atoms with Crippen LogP contribution in [0, 0.1) is 11.8 Å². The molecule has 2 rings (SSSR count). The lowest BCUT2D eigenvalue weighted by Gasteiger charge is -2.26. The lowest BCUT2D eigenvalue weighted by Crippen LogP contribution is -2.26. The van der Waals surface area contributed by atoms with Gasteiger partial charge in [-0.3, -0.25) is 0 Å². The van der Waals surface area contributed by atoms with Crippen molar-refractivity contribution in [1.29, 1.82) is 0 Å². The van der Waals surface area contributed by atoms with E-state index in [2.05, 4.69) is 17.1 Å². The molecule has 2 aliphatic rings. The number of thioether (sulfide) groups is 1. The molecule has 14 heavy (non-hydrogen) atoms. The molecule has 0 aromatic heterocycles. The molecule has 2 aliphatic heterocycles. The topological polar surface area (TPSA) is 21.3 Å². The molecule has 3 heteroatoms. The average molecular weight is 215 g/mol. The predicted molar refractivity (Wildman–Crippen MR) is 61.8 cm³/mol. The van der Waals surface area contributed by atoms with E-state index in [4.69, 9.17) is 4.74 Å². The summed E-state index contributed by atoms with van der Waals surface area (Å²) in [6, 6.07) is 0.625. The number of rotatable bonds is 3. The highest BCUT2D eigenvalue weighted by Crippen LogP contribution is 2.33. The van der Waals surface area contributed by atoms with Gasteiger partial charge in [-0.25, -0.2) is 0 Å². The summed E-state index contributed by atoms with van der Waals surface area (Å²) in [7, 11) is 1.80. The molecular formula is C11H21NOS. The maximum atomic E-state index is 5.19. The molecule has 2 unspecified atom stereocenters. The van der Waals surface area contributed by atoms with Crippen LogP contribution in [-0.4, -0.2) is 37.8 Å². The third kappa shape index (κ3) is 2.65. The largest absolute Gasteiger partial charge is 0.383 e. The van der Waals surface area contributed by atoms with Crippen LogP contribution in [0.2, 0.25) is 0 Å². The first-order valence-corrected chi connectivity index (χ1v) is 6.85. The van der Waals surface area contributed by atoms with Crippen molar-refractivity contribution in [3.8, 4) is 0 Å². The third-order valence-corrected chi connectivity index (χ3v) is 4.61. The average Bonchev–Trinajstić information content (AvgIpc) is 2.68. The van der Waals surface area contributed by atoms with Crippen LogP contribution in [0.4, 0.5) is 0 Å². The summed E-state index contributed by atoms with van der Waals surface area (Å²) >= 11 is 2.12. The zero-order valence-corrected chi connectivity index (χ0v) is 9.81. The Morgan fingerprint density at radius 1 is 1.29 bits per heavy atom. The van der Waals surface area contributed by atoms with E-state index in [-0.39, 0.29) is 0 Å². The molecule has 0 spiro atoms. The van der Waals surface area contributed by atoms with Crippen molar-refractivity contribution in [2.45, 2.75) is 25.3 Å². The van der Waals surface area contributed by atoms with E-state index < -0.39 is 0 Å². The van der Waals surface area contributed by atoms with E-state index in [9.17, 15) is 0 Å². The predicted octanol–water partition coefficient (Wildman–Crippen LogP) is 1.75. The fourth-order valence-electron chi connectivity index (χ4n) is 2.72. The first kappa shape index (κ1) is 10.8. The first-order chi connectivity index (χ1) is 6.90. The van der Waals surface area contributed by atoms with E-state index in [1.165, 1.54) is 37.3 Å². The van der Waals surface area contributed by atoms with Crippen LogP contribution in [0.3, 0.4) is 0 Å². The second-order valence-electron chi connectivity index (χ2n) is 4.51. The Kier molecular flexibility index (Phi) is 4.14. The van der Waals surface area contributed by atoms with Crippen LogP contribution < -0.4 is 5.32 Å². The van der Waals surface area contributed by atoms with Crippen LogP contribution >= 0.6 is 11.8 Å². The molecule has 0 aliphatic carbocycles. The molecule has 0 saturated carbocycles. The second-order valence-corrected chi connectivity index (χ2v) is 5.73. The van der Waals surface area contributed by atoms with Gasteiger partial charge in [-0.1, -0.05) is 0 Å². The van der Waals surface area contributed by atoms with E-state index in [0.29, 0.717) is 6.04 Å². The molecule has 2 saturated heterocycles. The summed E-state index contributed by atoms with van der Waals surface area (Å²) in [5, 5.41) is 3.57. The number of hydrogen-bond acceptors (Lipinski definition) is 3. The van der Waals surface area contributed by atoms with E-state index in [0.717, 1.165) is 18.4 Å². The quantitative estimate of drug-likeness (QED) is 0.775. The van der Waals surface area contributed by atoms with Gasteiger partial charge in [0.1, 0.15) is 0 Å². The van der Waals surface area contributed by atoms with Gasteiger partial charge < -0.3 is 10.1 Å². The van der Waals surface area contributed by atoms with Gasteiger partial charge in [0.05, 0.1) is 6.61 Å². The zero-order chi connectivity index (χ0) is 9.80. The monoisotopic (exact) mass is 215 g/mol. The highest BCUT2D eigenvalue weighted by molar-refractivity contribution is 7.99. The van der Waals surface area contributed by atoms with Gasteiger partial charge in [0.2, 0.25) is 0 Å². The Hall–Kier alpha value is 0.270. The fraction of sp³-hybridized carbons (Fsp3) is 1.00. The molecule has 2 heterocycles. The van der Waals surface area contributed by atoms with Crippen molar-refractivity contribution in [3.63, 3.8) is 0 Å². The van der Waals surface area contributed by atoms with Crippen LogP contribution in [0.15, 0.2) is 0 Å². The van der Waals surface area contributed by atoms with Crippen LogP contribution in [0.25, 0.3) is 0 Å². The lowest BCUT2D eigenvalue weighted by molar-refractivity contribution is 0.170. The molecule has 0 aromatic carbocycles. The Bertz CT molecular complexity index is 171. The Labute approximate surface area is 91.2 Å². The molecule has 0 amide bonds. The minimum absolute atomic E-state index is 0.625. The molecular weight excluding hydrogens is 194 g/mol. The smallest absolute Gasteiger partial charge is 0.0615 e. The number of ether oxygens (including phenoxy) is 1. The van der Waals surface area contributed by atoms with E-state index in [1.54, 1.807) is 7.11 Å². The third-order valence-electron chi connectivity index (χ3n) is 3.56. The van der Waals surface area contributed by atoms with Crippen molar-refractivity contribution in [2.75, 3.05) is 31.8 Å². The lowest BCUT2D eigenvalue weighted by atomic mass is 9.86. The van der Waals surface area contributed by atoms with Gasteiger partial charge in [-0.05, 0) is 49.1 Å². The van der Waals surface area contributed by atoms with Gasteiger partial charge in [0, 0.05) is 13.2 Å². The highest BCUT2D eigenvalue weighted by atomic mass is 32.2. The summed E-state index contributed by atoms with van der Waals surface area (Å²) < 4.78 is 5.19. The molecule has 82 valence electrons. The molecule has 0 aromatic rings. The van der Waals surface area contributed by atoms with Crippen molar-refractivity contribution in [1.82, 2.24) is 5.32 Å². The minimum atomic E-state index is 0.625. The van der Waals surface area contributed by atoms with Crippen LogP contribution in [0.5, 0.6) is 0 Å². The van der Waals surface area contributed by atoms with Crippen molar-refractivity contribution >= 4 is 11.8 Å². The molecule has 2 fully saturated rings. The normalized spacial score (nSPS) is 34.9. The van der Waals surface area contributed by atoms with Gasteiger partial charge in [-0.2, -0.15) is 11.8 Å². The Morgan fingerprint density at radius 2 is 2.07 bits per heavy atom. The Morgan fingerprint density at radius 3 is 2.79 bits per heavy atom. The molecule has 0 radical (unpaired) electrons. The summed E-state index contributed by atoms with van der Waals surface area (Å²) in [5.41, 5.74) is 0. The number of hydrogen-bond donors (Lipinski definition) is 1. The SMILES string of the molecule is COCC1CC(C2CCSCC2)CN1. The Balaban J connectivity index is 1.76. The number of nitrogens with one attached hydrogen (secondary N) is 1. The van der Waals surface area contributed by atoms with Gasteiger partial charge in [0.15, 0.2) is 0 Å². The summed E-state index contributed by atoms with van der Waals surface area (Å²) in [4.78, 5) is 0. The first-order valence-electron chi connectivity index (χ1n) is 5.70. The van der Waals surface area contributed by atoms with Crippen molar-refractivity contribution in [2.24, 2.45) is 11.8 Å². The summed E-state index contributed by atoms with van der Waals surface area (Å²) in [6.45, 7) is 2.11. The second kappa shape index (κ2) is 5.38. The number of methoxy groups -OCH3 is 1. The van der Waals surface area contributed by atoms with Gasteiger partial charge in [0.25, 0.3) is 0 Å². The maximum absolute atomic E-state index is 5.19. The van der Waals surface area contributed by atoms with Crippen molar-refractivity contribution < 1.29 is 4.74 Å². The standard InChI is InChI=1S/C11H21NOS/c1-13-8-11-6-10(7-12-11)9-2-4-14-5-3-9/h9-12H,2-8H2,1H3. The van der Waals surface area contributed by atoms with Crippen molar-refractivity contribution in [3.05, 3.63) is 0 Å². The van der Waals surface area contributed by atoms with E-state index >= 15 is 0 Å². The molecule has 1 N–H and O–H groups in total.